The number of benzene rings is 1. The molecule has 0 aliphatic carbocycles. The summed E-state index contributed by atoms with van der Waals surface area (Å²) in [5.41, 5.74) is 10.2. The zero-order valence-electron chi connectivity index (χ0n) is 11.5. The first-order valence-corrected chi connectivity index (χ1v) is 6.33. The minimum atomic E-state index is -1.80. The zero-order valence-corrected chi connectivity index (χ0v) is 11.5. The third-order valence-electron chi connectivity index (χ3n) is 2.90. The smallest absolute Gasteiger partial charge is 0.338 e. The van der Waals surface area contributed by atoms with E-state index in [2.05, 4.69) is 4.74 Å². The Morgan fingerprint density at radius 1 is 1.20 bits per heavy atom. The Morgan fingerprint density at radius 2 is 1.85 bits per heavy atom. The second-order valence-electron chi connectivity index (χ2n) is 4.42. The van der Waals surface area contributed by atoms with Crippen molar-refractivity contribution >= 4 is 11.9 Å². The zero-order chi connectivity index (χ0) is 15.0. The highest BCUT2D eigenvalue weighted by atomic mass is 16.6. The number of hydrogen-bond donors (Lipinski definition) is 2. The number of hydrogen-bond acceptors (Lipinski definition) is 6. The van der Waals surface area contributed by atoms with Gasteiger partial charge in [0.25, 0.3) is 0 Å². The number of ether oxygens (including phenoxy) is 2. The molecule has 0 bridgehead atoms. The van der Waals surface area contributed by atoms with Crippen LogP contribution in [0.2, 0.25) is 0 Å². The fourth-order valence-electron chi connectivity index (χ4n) is 1.70. The molecule has 1 aromatic rings. The van der Waals surface area contributed by atoms with Crippen molar-refractivity contribution in [3.8, 4) is 0 Å². The van der Waals surface area contributed by atoms with E-state index in [1.165, 1.54) is 7.11 Å². The summed E-state index contributed by atoms with van der Waals surface area (Å²) in [6, 6.07) is 9.13. The van der Waals surface area contributed by atoms with Crippen molar-refractivity contribution in [1.82, 2.24) is 0 Å². The molecule has 0 aliphatic heterocycles. The lowest BCUT2D eigenvalue weighted by atomic mass is 9.95. The first-order chi connectivity index (χ1) is 9.54. The Kier molecular flexibility index (Phi) is 6.14. The Balaban J connectivity index is 2.70. The van der Waals surface area contributed by atoms with Gasteiger partial charge in [0.15, 0.2) is 0 Å². The van der Waals surface area contributed by atoms with E-state index < -0.39 is 17.5 Å². The fraction of sp³-hybridized carbons (Fsp3) is 0.429. The van der Waals surface area contributed by atoms with Gasteiger partial charge in [0, 0.05) is 0 Å². The molecule has 20 heavy (non-hydrogen) atoms. The molecule has 6 heteroatoms. The molecular formula is C14H20N2O4. The van der Waals surface area contributed by atoms with Gasteiger partial charge in [-0.3, -0.25) is 0 Å². The van der Waals surface area contributed by atoms with Crippen LogP contribution in [0.1, 0.15) is 18.4 Å². The van der Waals surface area contributed by atoms with Crippen molar-refractivity contribution in [2.75, 3.05) is 13.7 Å². The lowest BCUT2D eigenvalue weighted by Crippen LogP contribution is -2.56. The van der Waals surface area contributed by atoms with Gasteiger partial charge >= 0.3 is 11.9 Å². The van der Waals surface area contributed by atoms with Crippen LogP contribution in [-0.4, -0.2) is 31.1 Å². The third kappa shape index (κ3) is 4.04. The monoisotopic (exact) mass is 280 g/mol. The lowest BCUT2D eigenvalue weighted by molar-refractivity contribution is -0.164. The number of nitrogens with two attached hydrogens (primary N) is 2. The number of methoxy groups -OCH3 is 1. The maximum atomic E-state index is 12.1. The fourth-order valence-corrected chi connectivity index (χ4v) is 1.70. The van der Waals surface area contributed by atoms with Crippen LogP contribution in [-0.2, 0) is 25.7 Å². The molecule has 0 spiro atoms. The minimum absolute atomic E-state index is 0.0538. The van der Waals surface area contributed by atoms with Gasteiger partial charge in [-0.25, -0.2) is 9.59 Å². The first-order valence-electron chi connectivity index (χ1n) is 6.33. The molecule has 0 unspecified atom stereocenters. The van der Waals surface area contributed by atoms with Crippen LogP contribution >= 0.6 is 0 Å². The van der Waals surface area contributed by atoms with Gasteiger partial charge in [-0.2, -0.15) is 0 Å². The van der Waals surface area contributed by atoms with Gasteiger partial charge in [-0.1, -0.05) is 30.3 Å². The highest BCUT2D eigenvalue weighted by molar-refractivity contribution is 6.04. The van der Waals surface area contributed by atoms with Gasteiger partial charge in [-0.15, -0.1) is 0 Å². The van der Waals surface area contributed by atoms with Crippen molar-refractivity contribution < 1.29 is 19.1 Å². The number of rotatable bonds is 7. The van der Waals surface area contributed by atoms with E-state index in [1.54, 1.807) is 0 Å². The molecule has 0 radical (unpaired) electrons. The molecule has 0 saturated heterocycles. The molecule has 1 atom stereocenters. The first kappa shape index (κ1) is 16.1. The highest BCUT2D eigenvalue weighted by Gasteiger charge is 2.44. The summed E-state index contributed by atoms with van der Waals surface area (Å²) in [7, 11) is 1.18. The molecule has 0 aromatic heterocycles. The quantitative estimate of drug-likeness (QED) is 0.551. The molecule has 6 nitrogen and oxygen atoms in total. The molecule has 0 heterocycles. The predicted molar refractivity (Wildman–Crippen MR) is 73.5 cm³/mol. The SMILES string of the molecule is COC(=O)[C@@](N)(CCCN)C(=O)OCc1ccccc1. The van der Waals surface area contributed by atoms with Gasteiger partial charge in [0.2, 0.25) is 5.54 Å². The van der Waals surface area contributed by atoms with Crippen LogP contribution in [0.5, 0.6) is 0 Å². The van der Waals surface area contributed by atoms with E-state index >= 15 is 0 Å². The van der Waals surface area contributed by atoms with Gasteiger partial charge in [0.05, 0.1) is 7.11 Å². The van der Waals surface area contributed by atoms with Gasteiger partial charge < -0.3 is 20.9 Å². The van der Waals surface area contributed by atoms with Gasteiger partial charge in [-0.05, 0) is 24.9 Å². The topological polar surface area (TPSA) is 105 Å². The van der Waals surface area contributed by atoms with Crippen molar-refractivity contribution in [2.45, 2.75) is 25.0 Å². The molecule has 0 fully saturated rings. The van der Waals surface area contributed by atoms with Crippen LogP contribution in [0, 0.1) is 0 Å². The van der Waals surface area contributed by atoms with Crippen molar-refractivity contribution in [3.05, 3.63) is 35.9 Å². The predicted octanol–water partition coefficient (Wildman–Crippen LogP) is 0.339. The molecule has 1 aromatic carbocycles. The van der Waals surface area contributed by atoms with Gasteiger partial charge in [0.1, 0.15) is 6.61 Å². The average Bonchev–Trinajstić information content (AvgIpc) is 2.50. The summed E-state index contributed by atoms with van der Waals surface area (Å²) < 4.78 is 9.69. The maximum Gasteiger partial charge on any atom is 0.338 e. The van der Waals surface area contributed by atoms with Crippen molar-refractivity contribution in [3.63, 3.8) is 0 Å². The van der Waals surface area contributed by atoms with E-state index in [1.807, 2.05) is 30.3 Å². The van der Waals surface area contributed by atoms with E-state index in [0.29, 0.717) is 13.0 Å². The van der Waals surface area contributed by atoms with Crippen LogP contribution < -0.4 is 11.5 Å². The minimum Gasteiger partial charge on any atom is -0.467 e. The molecule has 1 rings (SSSR count). The van der Waals surface area contributed by atoms with E-state index in [0.717, 1.165) is 5.56 Å². The third-order valence-corrected chi connectivity index (χ3v) is 2.90. The molecule has 0 aliphatic rings. The second kappa shape index (κ2) is 7.62. The van der Waals surface area contributed by atoms with Crippen molar-refractivity contribution in [1.29, 1.82) is 0 Å². The maximum absolute atomic E-state index is 12.1. The molecule has 110 valence electrons. The van der Waals surface area contributed by atoms with Crippen molar-refractivity contribution in [2.24, 2.45) is 11.5 Å². The van der Waals surface area contributed by atoms with E-state index in [9.17, 15) is 9.59 Å². The molecule has 0 saturated carbocycles. The summed E-state index contributed by atoms with van der Waals surface area (Å²) in [4.78, 5) is 23.8. The normalized spacial score (nSPS) is 13.3. The van der Waals surface area contributed by atoms with Crippen LogP contribution in [0.4, 0.5) is 0 Å². The number of carbonyl (C=O) groups excluding carboxylic acids is 2. The summed E-state index contributed by atoms with van der Waals surface area (Å²) in [6.45, 7) is 0.375. The van der Waals surface area contributed by atoms with E-state index in [-0.39, 0.29) is 13.0 Å². The number of carbonyl (C=O) groups is 2. The number of esters is 2. The largest absolute Gasteiger partial charge is 0.467 e. The highest BCUT2D eigenvalue weighted by Crippen LogP contribution is 2.15. The van der Waals surface area contributed by atoms with Crippen LogP contribution in [0.25, 0.3) is 0 Å². The summed E-state index contributed by atoms with van der Waals surface area (Å²) in [6.07, 6.45) is 0.510. The average molecular weight is 280 g/mol. The summed E-state index contributed by atoms with van der Waals surface area (Å²) in [5.74, 6) is -1.62. The Labute approximate surface area is 118 Å². The molecular weight excluding hydrogens is 260 g/mol. The lowest BCUT2D eigenvalue weighted by Gasteiger charge is -2.24. The Hall–Kier alpha value is -1.92. The second-order valence-corrected chi connectivity index (χ2v) is 4.42. The summed E-state index contributed by atoms with van der Waals surface area (Å²) >= 11 is 0. The molecule has 4 N–H and O–H groups in total. The standard InChI is InChI=1S/C14H20N2O4/c1-19-12(17)14(16,8-5-9-15)13(18)20-10-11-6-3-2-4-7-11/h2-4,6-7H,5,8-10,15-16H2,1H3/t14-/m0/s1. The summed E-state index contributed by atoms with van der Waals surface area (Å²) in [5, 5.41) is 0. The Bertz CT molecular complexity index is 450. The Morgan fingerprint density at radius 3 is 2.40 bits per heavy atom. The van der Waals surface area contributed by atoms with E-state index in [4.69, 9.17) is 16.2 Å². The van der Waals surface area contributed by atoms with Crippen LogP contribution in [0.15, 0.2) is 30.3 Å². The van der Waals surface area contributed by atoms with Crippen LogP contribution in [0.3, 0.4) is 0 Å². The molecule has 0 amide bonds.